The minimum absolute atomic E-state index is 0.0484. The number of rotatable bonds is 7. The van der Waals surface area contributed by atoms with Gasteiger partial charge in [0.05, 0.1) is 24.2 Å². The molecule has 1 aliphatic rings. The second-order valence-electron chi connectivity index (χ2n) is 10.3. The lowest BCUT2D eigenvalue weighted by atomic mass is 9.78. The number of amides is 1. The zero-order chi connectivity index (χ0) is 28.7. The van der Waals surface area contributed by atoms with Crippen molar-refractivity contribution < 1.29 is 23.1 Å². The fourth-order valence-electron chi connectivity index (χ4n) is 5.29. The van der Waals surface area contributed by atoms with E-state index in [1.54, 1.807) is 42.7 Å². The molecule has 2 aromatic heterocycles. The normalized spacial score (nSPS) is 14.0. The molecule has 9 heteroatoms. The number of aryl methyl sites for hydroxylation is 1. The molecule has 0 unspecified atom stereocenters. The van der Waals surface area contributed by atoms with Gasteiger partial charge in [-0.1, -0.05) is 12.1 Å². The lowest BCUT2D eigenvalue weighted by molar-refractivity contribution is -0.0644. The molecule has 8 nitrogen and oxygen atoms in total. The number of hydrogen-bond acceptors (Lipinski definition) is 7. The van der Waals surface area contributed by atoms with Crippen LogP contribution in [0, 0.1) is 12.7 Å². The van der Waals surface area contributed by atoms with Gasteiger partial charge in [0.2, 0.25) is 0 Å². The number of nitrogens with one attached hydrogen (secondary N) is 1. The Hall–Kier alpha value is -4.89. The van der Waals surface area contributed by atoms with Gasteiger partial charge in [-0.05, 0) is 60.5 Å². The number of benzene rings is 3. The highest BCUT2D eigenvalue weighted by Crippen LogP contribution is 2.40. The Bertz CT molecular complexity index is 1790. The highest BCUT2D eigenvalue weighted by molar-refractivity contribution is 6.13. The third-order valence-corrected chi connectivity index (χ3v) is 7.57. The van der Waals surface area contributed by atoms with Crippen molar-refractivity contribution in [2.24, 2.45) is 0 Å². The van der Waals surface area contributed by atoms with Crippen LogP contribution >= 0.6 is 0 Å². The zero-order valence-corrected chi connectivity index (χ0v) is 22.5. The van der Waals surface area contributed by atoms with E-state index in [1.165, 1.54) is 19.2 Å². The summed E-state index contributed by atoms with van der Waals surface area (Å²) in [5, 5.41) is 3.21. The predicted octanol–water partition coefficient (Wildman–Crippen LogP) is 5.49. The number of nitrogens with zero attached hydrogens (tertiary/aromatic N) is 2. The van der Waals surface area contributed by atoms with Crippen LogP contribution in [0.2, 0.25) is 0 Å². The first kappa shape index (κ1) is 26.3. The van der Waals surface area contributed by atoms with Gasteiger partial charge in [0.1, 0.15) is 23.0 Å². The fourth-order valence-corrected chi connectivity index (χ4v) is 5.29. The molecule has 0 bridgehead atoms. The number of hydrogen-bond donors (Lipinski definition) is 2. The van der Waals surface area contributed by atoms with Crippen LogP contribution in [0.25, 0.3) is 33.4 Å². The van der Waals surface area contributed by atoms with Gasteiger partial charge in [-0.3, -0.25) is 9.59 Å². The molecule has 3 heterocycles. The van der Waals surface area contributed by atoms with Crippen LogP contribution in [-0.4, -0.2) is 41.9 Å². The fraction of sp³-hybridized carbons (Fsp3) is 0.188. The van der Waals surface area contributed by atoms with Crippen molar-refractivity contribution in [1.29, 1.82) is 0 Å². The Morgan fingerprint density at radius 1 is 1.02 bits per heavy atom. The van der Waals surface area contributed by atoms with Gasteiger partial charge in [0, 0.05) is 59.7 Å². The maximum absolute atomic E-state index is 13.7. The third-order valence-electron chi connectivity index (χ3n) is 7.57. The van der Waals surface area contributed by atoms with E-state index in [0.29, 0.717) is 63.7 Å². The molecule has 1 amide bonds. The van der Waals surface area contributed by atoms with Crippen molar-refractivity contribution in [3.63, 3.8) is 0 Å². The molecule has 6 rings (SSSR count). The van der Waals surface area contributed by atoms with E-state index in [9.17, 15) is 14.0 Å². The highest BCUT2D eigenvalue weighted by atomic mass is 19.1. The zero-order valence-electron chi connectivity index (χ0n) is 22.5. The first-order valence-electron chi connectivity index (χ1n) is 13.1. The SMILES string of the molecule is CNC(=O)c1c(-c2ccc(F)cc2)oc2cc(N)c(-c3ccc(C)c(C(=O)CC4(c5ncccn5)COC4)c3)cc12. The van der Waals surface area contributed by atoms with E-state index >= 15 is 0 Å². The van der Waals surface area contributed by atoms with E-state index in [4.69, 9.17) is 14.9 Å². The molecule has 0 spiro atoms. The highest BCUT2D eigenvalue weighted by Gasteiger charge is 2.45. The average molecular weight is 551 g/mol. The number of nitrogens with two attached hydrogens (primary N) is 1. The minimum Gasteiger partial charge on any atom is -0.455 e. The topological polar surface area (TPSA) is 120 Å². The summed E-state index contributed by atoms with van der Waals surface area (Å²) >= 11 is 0. The summed E-state index contributed by atoms with van der Waals surface area (Å²) < 4.78 is 25.1. The number of Topliss-reactive ketones (excluding diaryl/α,β-unsaturated/α-hetero) is 1. The second kappa shape index (κ2) is 10.3. The Morgan fingerprint density at radius 2 is 1.73 bits per heavy atom. The van der Waals surface area contributed by atoms with E-state index in [1.807, 2.05) is 25.1 Å². The molecular formula is C32H27FN4O4. The number of fused-ring (bicyclic) bond motifs is 1. The van der Waals surface area contributed by atoms with E-state index in [0.717, 1.165) is 11.1 Å². The monoisotopic (exact) mass is 550 g/mol. The van der Waals surface area contributed by atoms with Crippen molar-refractivity contribution in [3.8, 4) is 22.5 Å². The Balaban J connectivity index is 1.42. The van der Waals surface area contributed by atoms with Crippen LogP contribution in [0.4, 0.5) is 10.1 Å². The molecule has 1 fully saturated rings. The van der Waals surface area contributed by atoms with Crippen molar-refractivity contribution in [2.75, 3.05) is 26.0 Å². The lowest BCUT2D eigenvalue weighted by Crippen LogP contribution is -2.49. The summed E-state index contributed by atoms with van der Waals surface area (Å²) in [6.07, 6.45) is 3.55. The maximum atomic E-state index is 13.7. The molecule has 41 heavy (non-hydrogen) atoms. The summed E-state index contributed by atoms with van der Waals surface area (Å²) in [5.41, 5.74) is 10.4. The van der Waals surface area contributed by atoms with Crippen LogP contribution in [-0.2, 0) is 10.2 Å². The number of furan rings is 1. The van der Waals surface area contributed by atoms with Gasteiger partial charge in [0.15, 0.2) is 5.78 Å². The van der Waals surface area contributed by atoms with Crippen molar-refractivity contribution in [1.82, 2.24) is 15.3 Å². The molecule has 0 atom stereocenters. The van der Waals surface area contributed by atoms with Crippen LogP contribution in [0.5, 0.6) is 0 Å². The van der Waals surface area contributed by atoms with Crippen LogP contribution in [0.1, 0.15) is 38.5 Å². The van der Waals surface area contributed by atoms with E-state index in [2.05, 4.69) is 15.3 Å². The quantitative estimate of drug-likeness (QED) is 0.203. The van der Waals surface area contributed by atoms with Crippen molar-refractivity contribution >= 4 is 28.3 Å². The second-order valence-corrected chi connectivity index (χ2v) is 10.3. The number of halogens is 1. The van der Waals surface area contributed by atoms with Crippen LogP contribution in [0.15, 0.2) is 77.5 Å². The summed E-state index contributed by atoms with van der Waals surface area (Å²) in [6, 6.07) is 16.5. The molecule has 206 valence electrons. The third kappa shape index (κ3) is 4.64. The Morgan fingerprint density at radius 3 is 2.39 bits per heavy atom. The van der Waals surface area contributed by atoms with Gasteiger partial charge >= 0.3 is 0 Å². The van der Waals surface area contributed by atoms with Gasteiger partial charge in [-0.2, -0.15) is 0 Å². The van der Waals surface area contributed by atoms with E-state index in [-0.39, 0.29) is 18.1 Å². The number of ether oxygens (including phenoxy) is 1. The molecule has 5 aromatic rings. The largest absolute Gasteiger partial charge is 0.455 e. The summed E-state index contributed by atoms with van der Waals surface area (Å²) in [7, 11) is 1.53. The number of ketones is 1. The summed E-state index contributed by atoms with van der Waals surface area (Å²) in [4.78, 5) is 35.4. The van der Waals surface area contributed by atoms with Gasteiger partial charge in [0.25, 0.3) is 5.91 Å². The van der Waals surface area contributed by atoms with Gasteiger partial charge in [-0.15, -0.1) is 0 Å². The molecule has 0 radical (unpaired) electrons. The molecule has 3 aromatic carbocycles. The number of carbonyl (C=O) groups is 2. The van der Waals surface area contributed by atoms with Gasteiger partial charge in [-0.25, -0.2) is 14.4 Å². The molecule has 1 aliphatic heterocycles. The predicted molar refractivity (Wildman–Crippen MR) is 153 cm³/mol. The maximum Gasteiger partial charge on any atom is 0.255 e. The first-order chi connectivity index (χ1) is 19.8. The molecule has 1 saturated heterocycles. The Labute approximate surface area is 235 Å². The molecule has 0 aliphatic carbocycles. The van der Waals surface area contributed by atoms with Crippen LogP contribution < -0.4 is 11.1 Å². The van der Waals surface area contributed by atoms with Crippen molar-refractivity contribution in [3.05, 3.63) is 101 Å². The smallest absolute Gasteiger partial charge is 0.255 e. The summed E-state index contributed by atoms with van der Waals surface area (Å²) in [6.45, 7) is 2.65. The Kier molecular flexibility index (Phi) is 6.59. The van der Waals surface area contributed by atoms with Crippen molar-refractivity contribution in [2.45, 2.75) is 18.8 Å². The standard InChI is InChI=1S/C32H27FN4O4/c1-18-4-5-20(12-22(18)26(38)15-32(16-40-17-32)31-36-10-3-11-37-31)23-13-24-27(14-25(23)34)41-29(28(24)30(39)35-2)19-6-8-21(33)9-7-19/h3-14H,15-17,34H2,1-2H3,(H,35,39). The molecule has 3 N–H and O–H groups in total. The number of aromatic nitrogens is 2. The summed E-state index contributed by atoms with van der Waals surface area (Å²) in [5.74, 6) is 0.116. The number of anilines is 1. The van der Waals surface area contributed by atoms with Gasteiger partial charge < -0.3 is 20.2 Å². The molecular weight excluding hydrogens is 523 g/mol. The lowest BCUT2D eigenvalue weighted by Gasteiger charge is -2.39. The van der Waals surface area contributed by atoms with Crippen LogP contribution in [0.3, 0.4) is 0 Å². The number of nitrogen functional groups attached to an aromatic ring is 1. The number of carbonyl (C=O) groups excluding carboxylic acids is 2. The van der Waals surface area contributed by atoms with E-state index < -0.39 is 11.2 Å². The average Bonchev–Trinajstić information content (AvgIpc) is 3.33. The first-order valence-corrected chi connectivity index (χ1v) is 13.1. The minimum atomic E-state index is -0.561. The molecule has 0 saturated carbocycles.